The normalized spacial score (nSPS) is 11.0. The third kappa shape index (κ3) is 5.69. The number of benzene rings is 2. The lowest BCUT2D eigenvalue weighted by atomic mass is 10.2. The Morgan fingerprint density at radius 1 is 1.07 bits per heavy atom. The maximum absolute atomic E-state index is 12.0. The molecule has 2 aromatic carbocycles. The Hall–Kier alpha value is -3.64. The zero-order valence-electron chi connectivity index (χ0n) is 14.5. The Balaban J connectivity index is 1.56. The van der Waals surface area contributed by atoms with Gasteiger partial charge in [-0.1, -0.05) is 23.7 Å². The van der Waals surface area contributed by atoms with Crippen molar-refractivity contribution >= 4 is 35.8 Å². The molecule has 0 fully saturated rings. The zero-order valence-corrected chi connectivity index (χ0v) is 15.3. The molecule has 0 atom stereocenters. The van der Waals surface area contributed by atoms with Crippen LogP contribution in [0.15, 0.2) is 82.5 Å². The first-order valence-corrected chi connectivity index (χ1v) is 8.60. The van der Waals surface area contributed by atoms with Gasteiger partial charge in [0.15, 0.2) is 0 Å². The smallest absolute Gasteiger partial charge is 0.336 e. The van der Waals surface area contributed by atoms with Crippen LogP contribution in [0, 0.1) is 0 Å². The van der Waals surface area contributed by atoms with Crippen LogP contribution < -0.4 is 10.2 Å². The first kappa shape index (κ1) is 19.1. The van der Waals surface area contributed by atoms with Crippen molar-refractivity contribution in [2.45, 2.75) is 0 Å². The van der Waals surface area contributed by atoms with Crippen molar-refractivity contribution in [3.8, 4) is 5.75 Å². The van der Waals surface area contributed by atoms with Gasteiger partial charge in [-0.15, -0.1) is 0 Å². The van der Waals surface area contributed by atoms with E-state index in [1.54, 1.807) is 60.7 Å². The maximum atomic E-state index is 12.0. The Morgan fingerprint density at radius 2 is 1.89 bits per heavy atom. The molecule has 28 heavy (non-hydrogen) atoms. The van der Waals surface area contributed by atoms with Gasteiger partial charge in [-0.3, -0.25) is 4.79 Å². The predicted octanol–water partition coefficient (Wildman–Crippen LogP) is 4.32. The molecule has 7 heteroatoms. The van der Waals surface area contributed by atoms with Crippen molar-refractivity contribution in [3.05, 3.63) is 94.9 Å². The number of nitrogens with one attached hydrogen (secondary N) is 1. The number of hydrazone groups is 1. The number of ether oxygens (including phenoxy) is 1. The second-order valence-corrected chi connectivity index (χ2v) is 5.98. The van der Waals surface area contributed by atoms with Crippen molar-refractivity contribution in [2.75, 3.05) is 0 Å². The molecule has 3 rings (SSSR count). The molecule has 140 valence electrons. The molecule has 1 amide bonds. The highest BCUT2D eigenvalue weighted by molar-refractivity contribution is 6.30. The lowest BCUT2D eigenvalue weighted by Crippen LogP contribution is -2.17. The van der Waals surface area contributed by atoms with Gasteiger partial charge in [-0.2, -0.15) is 5.10 Å². The zero-order chi connectivity index (χ0) is 19.8. The van der Waals surface area contributed by atoms with Crippen molar-refractivity contribution in [2.24, 2.45) is 5.10 Å². The van der Waals surface area contributed by atoms with Crippen LogP contribution in [-0.4, -0.2) is 18.1 Å². The summed E-state index contributed by atoms with van der Waals surface area (Å²) in [5.41, 5.74) is 3.51. The summed E-state index contributed by atoms with van der Waals surface area (Å²) in [7, 11) is 0. The van der Waals surface area contributed by atoms with E-state index in [-0.39, 0.29) is 5.91 Å². The van der Waals surface area contributed by atoms with Crippen LogP contribution in [0.2, 0.25) is 5.02 Å². The number of furan rings is 1. The van der Waals surface area contributed by atoms with E-state index in [2.05, 4.69) is 10.5 Å². The molecule has 0 aliphatic carbocycles. The summed E-state index contributed by atoms with van der Waals surface area (Å²) in [4.78, 5) is 23.8. The molecule has 0 bridgehead atoms. The summed E-state index contributed by atoms with van der Waals surface area (Å²) >= 11 is 5.79. The van der Waals surface area contributed by atoms with Gasteiger partial charge < -0.3 is 9.15 Å². The number of hydrogen-bond donors (Lipinski definition) is 1. The highest BCUT2D eigenvalue weighted by Crippen LogP contribution is 2.13. The molecule has 0 aliphatic rings. The van der Waals surface area contributed by atoms with Gasteiger partial charge >= 0.3 is 5.97 Å². The number of hydrogen-bond acceptors (Lipinski definition) is 5. The standard InChI is InChI=1S/C21H15ClN2O4/c22-17-8-6-16(7-9-17)21(26)24-23-14-15-3-1-4-19(13-15)28-20(25)11-10-18-5-2-12-27-18/h1-14H,(H,24,26)/b11-10+,23-14?. The number of amides is 1. The van der Waals surface area contributed by atoms with Gasteiger partial charge in [0, 0.05) is 16.7 Å². The first-order valence-electron chi connectivity index (χ1n) is 8.22. The molecule has 3 aromatic rings. The third-order valence-electron chi connectivity index (χ3n) is 3.49. The number of halogens is 1. The van der Waals surface area contributed by atoms with Crippen LogP contribution >= 0.6 is 11.6 Å². The van der Waals surface area contributed by atoms with Crippen LogP contribution in [0.25, 0.3) is 6.08 Å². The largest absolute Gasteiger partial charge is 0.465 e. The average Bonchev–Trinajstić information content (AvgIpc) is 3.21. The summed E-state index contributed by atoms with van der Waals surface area (Å²) in [6, 6.07) is 16.6. The highest BCUT2D eigenvalue weighted by Gasteiger charge is 2.04. The van der Waals surface area contributed by atoms with Crippen LogP contribution in [0.1, 0.15) is 21.7 Å². The fraction of sp³-hybridized carbons (Fsp3) is 0. The van der Waals surface area contributed by atoms with E-state index in [0.29, 0.717) is 27.7 Å². The van der Waals surface area contributed by atoms with E-state index in [4.69, 9.17) is 20.8 Å². The van der Waals surface area contributed by atoms with Gasteiger partial charge in [0.05, 0.1) is 12.5 Å². The molecular formula is C21H15ClN2O4. The monoisotopic (exact) mass is 394 g/mol. The van der Waals surface area contributed by atoms with Crippen LogP contribution in [0.4, 0.5) is 0 Å². The summed E-state index contributed by atoms with van der Waals surface area (Å²) < 4.78 is 10.3. The second kappa shape index (κ2) is 9.34. The quantitative estimate of drug-likeness (QED) is 0.222. The lowest BCUT2D eigenvalue weighted by molar-refractivity contribution is -0.128. The third-order valence-corrected chi connectivity index (χ3v) is 3.74. The van der Waals surface area contributed by atoms with E-state index in [1.165, 1.54) is 24.6 Å². The Kier molecular flexibility index (Phi) is 6.38. The van der Waals surface area contributed by atoms with E-state index in [9.17, 15) is 9.59 Å². The molecule has 1 aromatic heterocycles. The molecule has 1 heterocycles. The second-order valence-electron chi connectivity index (χ2n) is 5.55. The van der Waals surface area contributed by atoms with Crippen molar-refractivity contribution in [3.63, 3.8) is 0 Å². The van der Waals surface area contributed by atoms with E-state index >= 15 is 0 Å². The lowest BCUT2D eigenvalue weighted by Gasteiger charge is -2.02. The average molecular weight is 395 g/mol. The minimum atomic E-state index is -0.540. The minimum Gasteiger partial charge on any atom is -0.465 e. The number of carbonyl (C=O) groups excluding carboxylic acids is 2. The summed E-state index contributed by atoms with van der Waals surface area (Å²) in [6.07, 6.45) is 5.75. The molecule has 6 nitrogen and oxygen atoms in total. The van der Waals surface area contributed by atoms with E-state index in [0.717, 1.165) is 0 Å². The molecule has 1 N–H and O–H groups in total. The van der Waals surface area contributed by atoms with Crippen molar-refractivity contribution in [1.29, 1.82) is 0 Å². The van der Waals surface area contributed by atoms with Crippen LogP contribution in [-0.2, 0) is 4.79 Å². The predicted molar refractivity (Wildman–Crippen MR) is 106 cm³/mol. The fourth-order valence-corrected chi connectivity index (χ4v) is 2.30. The fourth-order valence-electron chi connectivity index (χ4n) is 2.18. The number of rotatable bonds is 6. The molecule has 0 radical (unpaired) electrons. The SMILES string of the molecule is O=C(/C=C/c1ccco1)Oc1cccc(C=NNC(=O)c2ccc(Cl)cc2)c1. The van der Waals surface area contributed by atoms with Gasteiger partial charge in [-0.25, -0.2) is 10.2 Å². The molecule has 0 unspecified atom stereocenters. The molecule has 0 saturated carbocycles. The molecule has 0 aliphatic heterocycles. The number of carbonyl (C=O) groups is 2. The van der Waals surface area contributed by atoms with E-state index in [1.807, 2.05) is 0 Å². The van der Waals surface area contributed by atoms with Crippen molar-refractivity contribution < 1.29 is 18.7 Å². The number of esters is 1. The Bertz CT molecular complexity index is 1010. The topological polar surface area (TPSA) is 80.9 Å². The van der Waals surface area contributed by atoms with Crippen molar-refractivity contribution in [1.82, 2.24) is 5.43 Å². The molecule has 0 spiro atoms. The summed E-state index contributed by atoms with van der Waals surface area (Å²) in [6.45, 7) is 0. The van der Waals surface area contributed by atoms with Gasteiger partial charge in [0.2, 0.25) is 0 Å². The summed E-state index contributed by atoms with van der Waals surface area (Å²) in [5.74, 6) is -0.00331. The minimum absolute atomic E-state index is 0.349. The maximum Gasteiger partial charge on any atom is 0.336 e. The van der Waals surface area contributed by atoms with Crippen LogP contribution in [0.5, 0.6) is 5.75 Å². The van der Waals surface area contributed by atoms with Gasteiger partial charge in [-0.05, 0) is 60.2 Å². The van der Waals surface area contributed by atoms with Gasteiger partial charge in [0.25, 0.3) is 5.91 Å². The highest BCUT2D eigenvalue weighted by atomic mass is 35.5. The summed E-state index contributed by atoms with van der Waals surface area (Å²) in [5, 5.41) is 4.45. The Labute approximate surface area is 166 Å². The Morgan fingerprint density at radius 3 is 2.64 bits per heavy atom. The number of nitrogens with zero attached hydrogens (tertiary/aromatic N) is 1. The molecular weight excluding hydrogens is 380 g/mol. The molecule has 0 saturated heterocycles. The van der Waals surface area contributed by atoms with Crippen LogP contribution in [0.3, 0.4) is 0 Å². The van der Waals surface area contributed by atoms with E-state index < -0.39 is 5.97 Å². The first-order chi connectivity index (χ1) is 13.6. The van der Waals surface area contributed by atoms with Gasteiger partial charge in [0.1, 0.15) is 11.5 Å².